The fourth-order valence-electron chi connectivity index (χ4n) is 3.02. The molecule has 2 heterocycles. The van der Waals surface area contributed by atoms with E-state index in [0.29, 0.717) is 18.5 Å². The first-order valence-electron chi connectivity index (χ1n) is 9.16. The highest BCUT2D eigenvalue weighted by Gasteiger charge is 2.26. The van der Waals surface area contributed by atoms with Crippen LogP contribution < -0.4 is 4.74 Å². The Bertz CT molecular complexity index is 556. The molecule has 1 fully saturated rings. The van der Waals surface area contributed by atoms with Gasteiger partial charge < -0.3 is 14.4 Å². The van der Waals surface area contributed by atoms with Crippen LogP contribution in [0.15, 0.2) is 6.07 Å². The number of rotatable bonds is 5. The summed E-state index contributed by atoms with van der Waals surface area (Å²) in [7, 11) is 0. The second kappa shape index (κ2) is 8.50. The third-order valence-corrected chi connectivity index (χ3v) is 4.22. The third-order valence-electron chi connectivity index (χ3n) is 4.22. The Morgan fingerprint density at radius 2 is 1.80 bits per heavy atom. The molecule has 0 N–H and O–H groups in total. The molecule has 6 nitrogen and oxygen atoms in total. The van der Waals surface area contributed by atoms with Crippen molar-refractivity contribution >= 4 is 6.09 Å². The van der Waals surface area contributed by atoms with Crippen LogP contribution in [-0.2, 0) is 4.74 Å². The summed E-state index contributed by atoms with van der Waals surface area (Å²) < 4.78 is 11.1. The smallest absolute Gasteiger partial charge is 0.410 e. The van der Waals surface area contributed by atoms with Gasteiger partial charge in [0.2, 0.25) is 0 Å². The molecule has 2 rings (SSSR count). The molecule has 0 aromatic carbocycles. The van der Waals surface area contributed by atoms with E-state index < -0.39 is 5.60 Å². The molecule has 0 saturated carbocycles. The van der Waals surface area contributed by atoms with Crippen LogP contribution in [0.3, 0.4) is 0 Å². The summed E-state index contributed by atoms with van der Waals surface area (Å²) in [6, 6.07) is 2.41. The fourth-order valence-corrected chi connectivity index (χ4v) is 3.02. The number of piperidine rings is 1. The maximum atomic E-state index is 12.1. The summed E-state index contributed by atoms with van der Waals surface area (Å²) in [5.74, 6) is 0.641. The van der Waals surface area contributed by atoms with Gasteiger partial charge in [0.15, 0.2) is 0 Å². The topological polar surface area (TPSA) is 64.5 Å². The molecular weight excluding hydrogens is 318 g/mol. The number of hydrogen-bond acceptors (Lipinski definition) is 5. The number of aryl methyl sites for hydroxylation is 2. The molecule has 1 amide bonds. The lowest BCUT2D eigenvalue weighted by Gasteiger charge is -2.33. The van der Waals surface area contributed by atoms with Crippen molar-refractivity contribution in [2.75, 3.05) is 19.7 Å². The predicted molar refractivity (Wildman–Crippen MR) is 96.8 cm³/mol. The molecule has 0 aliphatic carbocycles. The molecule has 0 bridgehead atoms. The Hall–Kier alpha value is -1.85. The number of carbonyl (C=O) groups excluding carboxylic acids is 1. The van der Waals surface area contributed by atoms with Gasteiger partial charge >= 0.3 is 12.1 Å². The van der Waals surface area contributed by atoms with E-state index in [4.69, 9.17) is 9.47 Å². The SMILES string of the molecule is Cc1cc(C)nc(OCCCC2CCN(C(=O)OC(C)(C)C)CC2)n1. The minimum Gasteiger partial charge on any atom is -0.463 e. The number of likely N-dealkylation sites (tertiary alicyclic amines) is 1. The van der Waals surface area contributed by atoms with Crippen molar-refractivity contribution in [1.29, 1.82) is 0 Å². The molecule has 1 aromatic rings. The van der Waals surface area contributed by atoms with Crippen LogP contribution in [0.4, 0.5) is 4.79 Å². The van der Waals surface area contributed by atoms with E-state index in [9.17, 15) is 4.79 Å². The second-order valence-corrected chi connectivity index (χ2v) is 7.83. The number of nitrogens with zero attached hydrogens (tertiary/aromatic N) is 3. The predicted octanol–water partition coefficient (Wildman–Crippen LogP) is 3.90. The number of carbonyl (C=O) groups is 1. The standard InChI is InChI=1S/C19H31N3O3/c1-14-13-15(2)21-17(20-14)24-12-6-7-16-8-10-22(11-9-16)18(23)25-19(3,4)5/h13,16H,6-12H2,1-5H3. The fraction of sp³-hybridized carbons (Fsp3) is 0.737. The van der Waals surface area contributed by atoms with Crippen LogP contribution >= 0.6 is 0 Å². The molecule has 6 heteroatoms. The summed E-state index contributed by atoms with van der Waals surface area (Å²) >= 11 is 0. The second-order valence-electron chi connectivity index (χ2n) is 7.83. The molecule has 1 aliphatic rings. The number of hydrogen-bond donors (Lipinski definition) is 0. The van der Waals surface area contributed by atoms with Crippen molar-refractivity contribution in [3.05, 3.63) is 17.5 Å². The highest BCUT2D eigenvalue weighted by molar-refractivity contribution is 5.68. The van der Waals surface area contributed by atoms with Crippen molar-refractivity contribution in [2.24, 2.45) is 5.92 Å². The average molecular weight is 349 g/mol. The zero-order valence-corrected chi connectivity index (χ0v) is 16.2. The van der Waals surface area contributed by atoms with Crippen LogP contribution in [0.2, 0.25) is 0 Å². The Morgan fingerprint density at radius 1 is 1.20 bits per heavy atom. The molecule has 0 atom stereocenters. The van der Waals surface area contributed by atoms with Crippen LogP contribution in [0.5, 0.6) is 6.01 Å². The van der Waals surface area contributed by atoms with Crippen molar-refractivity contribution in [3.8, 4) is 6.01 Å². The van der Waals surface area contributed by atoms with Gasteiger partial charge in [-0.1, -0.05) is 0 Å². The lowest BCUT2D eigenvalue weighted by molar-refractivity contribution is 0.0179. The molecule has 0 radical (unpaired) electrons. The Labute approximate surface area is 150 Å². The first-order chi connectivity index (χ1) is 11.7. The molecule has 1 aliphatic heterocycles. The van der Waals surface area contributed by atoms with Crippen LogP contribution in [0.25, 0.3) is 0 Å². The summed E-state index contributed by atoms with van der Waals surface area (Å²) in [6.45, 7) is 11.8. The van der Waals surface area contributed by atoms with Gasteiger partial charge in [-0.3, -0.25) is 0 Å². The lowest BCUT2D eigenvalue weighted by atomic mass is 9.92. The van der Waals surface area contributed by atoms with Crippen molar-refractivity contribution < 1.29 is 14.3 Å². The maximum absolute atomic E-state index is 12.1. The van der Waals surface area contributed by atoms with Crippen molar-refractivity contribution in [2.45, 2.75) is 65.9 Å². The van der Waals surface area contributed by atoms with Gasteiger partial charge in [0.25, 0.3) is 0 Å². The van der Waals surface area contributed by atoms with Crippen LogP contribution in [0, 0.1) is 19.8 Å². The first-order valence-corrected chi connectivity index (χ1v) is 9.16. The molecule has 25 heavy (non-hydrogen) atoms. The van der Waals surface area contributed by atoms with E-state index in [1.165, 1.54) is 0 Å². The lowest BCUT2D eigenvalue weighted by Crippen LogP contribution is -2.41. The van der Waals surface area contributed by atoms with Gasteiger partial charge in [-0.05, 0) is 72.3 Å². The summed E-state index contributed by atoms with van der Waals surface area (Å²) in [6.07, 6.45) is 3.94. The highest BCUT2D eigenvalue weighted by Crippen LogP contribution is 2.23. The number of aromatic nitrogens is 2. The Kier molecular flexibility index (Phi) is 6.62. The normalized spacial score (nSPS) is 16.0. The molecule has 1 aromatic heterocycles. The van der Waals surface area contributed by atoms with Gasteiger partial charge in [-0.15, -0.1) is 0 Å². The highest BCUT2D eigenvalue weighted by atomic mass is 16.6. The zero-order chi connectivity index (χ0) is 18.4. The van der Waals surface area contributed by atoms with E-state index in [1.807, 2.05) is 45.6 Å². The molecule has 0 spiro atoms. The molecular formula is C19H31N3O3. The zero-order valence-electron chi connectivity index (χ0n) is 16.2. The van der Waals surface area contributed by atoms with E-state index in [2.05, 4.69) is 9.97 Å². The van der Waals surface area contributed by atoms with Crippen molar-refractivity contribution in [3.63, 3.8) is 0 Å². The van der Waals surface area contributed by atoms with Crippen molar-refractivity contribution in [1.82, 2.24) is 14.9 Å². The third kappa shape index (κ3) is 6.88. The van der Waals surface area contributed by atoms with E-state index in [-0.39, 0.29) is 6.09 Å². The number of ether oxygens (including phenoxy) is 2. The van der Waals surface area contributed by atoms with Gasteiger partial charge in [-0.25, -0.2) is 14.8 Å². The van der Waals surface area contributed by atoms with Crippen LogP contribution in [0.1, 0.15) is 57.8 Å². The van der Waals surface area contributed by atoms with E-state index in [0.717, 1.165) is 50.2 Å². The maximum Gasteiger partial charge on any atom is 0.410 e. The monoisotopic (exact) mass is 349 g/mol. The van der Waals surface area contributed by atoms with Crippen LogP contribution in [-0.4, -0.2) is 46.3 Å². The van der Waals surface area contributed by atoms with Gasteiger partial charge in [0, 0.05) is 24.5 Å². The quantitative estimate of drug-likeness (QED) is 0.754. The molecule has 0 unspecified atom stereocenters. The number of amides is 1. The molecule has 140 valence electrons. The van der Waals surface area contributed by atoms with E-state index >= 15 is 0 Å². The van der Waals surface area contributed by atoms with E-state index in [1.54, 1.807) is 0 Å². The van der Waals surface area contributed by atoms with Gasteiger partial charge in [-0.2, -0.15) is 0 Å². The Morgan fingerprint density at radius 3 is 2.36 bits per heavy atom. The average Bonchev–Trinajstić information content (AvgIpc) is 2.49. The van der Waals surface area contributed by atoms with Gasteiger partial charge in [0.05, 0.1) is 6.61 Å². The van der Waals surface area contributed by atoms with Gasteiger partial charge in [0.1, 0.15) is 5.60 Å². The Balaban J connectivity index is 1.64. The first kappa shape index (κ1) is 19.5. The minimum absolute atomic E-state index is 0.193. The summed E-state index contributed by atoms with van der Waals surface area (Å²) in [4.78, 5) is 22.5. The molecule has 1 saturated heterocycles. The summed E-state index contributed by atoms with van der Waals surface area (Å²) in [5, 5.41) is 0. The largest absolute Gasteiger partial charge is 0.463 e. The summed E-state index contributed by atoms with van der Waals surface area (Å²) in [5.41, 5.74) is 1.43. The minimum atomic E-state index is -0.429.